The quantitative estimate of drug-likeness (QED) is 0.701. The van der Waals surface area contributed by atoms with Crippen LogP contribution < -0.4 is 4.72 Å². The molecule has 0 radical (unpaired) electrons. The highest BCUT2D eigenvalue weighted by Crippen LogP contribution is 2.42. The predicted molar refractivity (Wildman–Crippen MR) is 110 cm³/mol. The summed E-state index contributed by atoms with van der Waals surface area (Å²) in [5, 5.41) is 0.935. The van der Waals surface area contributed by atoms with Crippen LogP contribution in [-0.2, 0) is 24.9 Å². The summed E-state index contributed by atoms with van der Waals surface area (Å²) in [6.45, 7) is 4.73. The van der Waals surface area contributed by atoms with Gasteiger partial charge in [-0.15, -0.1) is 0 Å². The molecule has 1 fully saturated rings. The van der Waals surface area contributed by atoms with E-state index in [0.29, 0.717) is 18.9 Å². The Balaban J connectivity index is 1.89. The molecule has 3 aromatic rings. The van der Waals surface area contributed by atoms with E-state index in [0.717, 1.165) is 28.3 Å². The van der Waals surface area contributed by atoms with Gasteiger partial charge in [0.15, 0.2) is 5.79 Å². The van der Waals surface area contributed by atoms with Crippen molar-refractivity contribution in [1.29, 1.82) is 0 Å². The largest absolute Gasteiger partial charge is 0.359 e. The second-order valence-electron chi connectivity index (χ2n) is 7.73. The zero-order valence-corrected chi connectivity index (χ0v) is 17.0. The highest BCUT2D eigenvalue weighted by Gasteiger charge is 2.44. The Morgan fingerprint density at radius 1 is 1.00 bits per heavy atom. The first kappa shape index (κ1) is 19.0. The van der Waals surface area contributed by atoms with E-state index in [4.69, 9.17) is 9.47 Å². The van der Waals surface area contributed by atoms with Crippen molar-refractivity contribution in [3.63, 3.8) is 0 Å². The van der Waals surface area contributed by atoms with Gasteiger partial charge >= 0.3 is 0 Å². The molecule has 1 saturated heterocycles. The molecule has 0 amide bonds. The Morgan fingerprint density at radius 2 is 1.68 bits per heavy atom. The summed E-state index contributed by atoms with van der Waals surface area (Å²) >= 11 is 0. The maximum atomic E-state index is 11.7. The van der Waals surface area contributed by atoms with Crippen LogP contribution in [0.3, 0.4) is 0 Å². The maximum absolute atomic E-state index is 11.7. The number of benzene rings is 2. The lowest BCUT2D eigenvalue weighted by Gasteiger charge is -2.44. The molecule has 0 bridgehead atoms. The highest BCUT2D eigenvalue weighted by atomic mass is 32.2. The molecule has 7 heteroatoms. The topological polar surface area (TPSA) is 80.4 Å². The number of aromatic amines is 1. The first-order chi connectivity index (χ1) is 13.2. The van der Waals surface area contributed by atoms with Crippen molar-refractivity contribution in [2.75, 3.05) is 24.2 Å². The third-order valence-corrected chi connectivity index (χ3v) is 5.78. The number of para-hydroxylation sites is 1. The summed E-state index contributed by atoms with van der Waals surface area (Å²) < 4.78 is 38.2. The summed E-state index contributed by atoms with van der Waals surface area (Å²) in [4.78, 5) is 3.25. The normalized spacial score (nSPS) is 18.8. The molecule has 2 N–H and O–H groups in total. The number of H-pyrrole nitrogens is 1. The fourth-order valence-corrected chi connectivity index (χ4v) is 4.32. The van der Waals surface area contributed by atoms with Crippen LogP contribution in [0, 0.1) is 0 Å². The Bertz CT molecular complexity index is 1090. The SMILES string of the molecule is CC1(C)OCC(c2ccccc2)(c2c[nH]c3c(NS(C)(=O)=O)cccc23)CO1. The zero-order chi connectivity index (χ0) is 20.0. The number of hydrogen-bond donors (Lipinski definition) is 2. The van der Waals surface area contributed by atoms with Gasteiger partial charge in [0.05, 0.1) is 36.1 Å². The number of rotatable bonds is 4. The molecule has 2 aromatic carbocycles. The molecule has 0 aliphatic carbocycles. The average Bonchev–Trinajstić information content (AvgIpc) is 3.08. The van der Waals surface area contributed by atoms with Crippen molar-refractivity contribution in [3.8, 4) is 0 Å². The fraction of sp³-hybridized carbons (Fsp3) is 0.333. The minimum Gasteiger partial charge on any atom is -0.359 e. The summed E-state index contributed by atoms with van der Waals surface area (Å²) in [7, 11) is -3.39. The molecule has 4 rings (SSSR count). The Morgan fingerprint density at radius 3 is 2.32 bits per heavy atom. The van der Waals surface area contributed by atoms with Gasteiger partial charge in [0.1, 0.15) is 0 Å². The van der Waals surface area contributed by atoms with Gasteiger partial charge in [0, 0.05) is 11.6 Å². The van der Waals surface area contributed by atoms with Crippen LogP contribution in [0.4, 0.5) is 5.69 Å². The van der Waals surface area contributed by atoms with Crippen LogP contribution in [0.25, 0.3) is 10.9 Å². The van der Waals surface area contributed by atoms with Crippen LogP contribution in [0.15, 0.2) is 54.7 Å². The molecule has 0 atom stereocenters. The number of aromatic nitrogens is 1. The van der Waals surface area contributed by atoms with Gasteiger partial charge in [-0.25, -0.2) is 8.42 Å². The molecule has 1 aliphatic heterocycles. The molecular weight excluding hydrogens is 376 g/mol. The molecule has 2 heterocycles. The highest BCUT2D eigenvalue weighted by molar-refractivity contribution is 7.92. The lowest BCUT2D eigenvalue weighted by atomic mass is 9.75. The van der Waals surface area contributed by atoms with E-state index in [1.807, 2.05) is 50.4 Å². The van der Waals surface area contributed by atoms with E-state index in [1.165, 1.54) is 0 Å². The van der Waals surface area contributed by atoms with Crippen LogP contribution in [-0.4, -0.2) is 38.7 Å². The van der Waals surface area contributed by atoms with Crippen LogP contribution in [0.2, 0.25) is 0 Å². The van der Waals surface area contributed by atoms with Crippen molar-refractivity contribution in [1.82, 2.24) is 4.98 Å². The fourth-order valence-electron chi connectivity index (χ4n) is 3.75. The number of nitrogens with one attached hydrogen (secondary N) is 2. The third kappa shape index (κ3) is 3.41. The van der Waals surface area contributed by atoms with Crippen molar-refractivity contribution in [2.24, 2.45) is 0 Å². The Labute approximate surface area is 164 Å². The van der Waals surface area contributed by atoms with E-state index in [-0.39, 0.29) is 0 Å². The van der Waals surface area contributed by atoms with Crippen molar-refractivity contribution in [3.05, 3.63) is 65.9 Å². The molecule has 0 saturated carbocycles. The van der Waals surface area contributed by atoms with E-state index < -0.39 is 21.2 Å². The minimum atomic E-state index is -3.39. The monoisotopic (exact) mass is 400 g/mol. The van der Waals surface area contributed by atoms with Gasteiger partial charge in [-0.3, -0.25) is 4.72 Å². The molecule has 1 aliphatic rings. The van der Waals surface area contributed by atoms with Crippen molar-refractivity contribution >= 4 is 26.6 Å². The van der Waals surface area contributed by atoms with E-state index in [2.05, 4.69) is 21.8 Å². The molecule has 0 spiro atoms. The Hall–Kier alpha value is -2.35. The maximum Gasteiger partial charge on any atom is 0.229 e. The first-order valence-electron chi connectivity index (χ1n) is 9.12. The second kappa shape index (κ2) is 6.62. The number of fused-ring (bicyclic) bond motifs is 1. The van der Waals surface area contributed by atoms with E-state index in [1.54, 1.807) is 6.07 Å². The lowest BCUT2D eigenvalue weighted by Crippen LogP contribution is -2.49. The van der Waals surface area contributed by atoms with Gasteiger partial charge in [0.2, 0.25) is 10.0 Å². The summed E-state index contributed by atoms with van der Waals surface area (Å²) in [5.74, 6) is -0.645. The third-order valence-electron chi connectivity index (χ3n) is 5.19. The van der Waals surface area contributed by atoms with Gasteiger partial charge in [-0.1, -0.05) is 42.5 Å². The van der Waals surface area contributed by atoms with Crippen LogP contribution in [0.1, 0.15) is 25.0 Å². The molecular formula is C21H24N2O4S. The molecule has 6 nitrogen and oxygen atoms in total. The van der Waals surface area contributed by atoms with Crippen molar-refractivity contribution in [2.45, 2.75) is 25.0 Å². The first-order valence-corrected chi connectivity index (χ1v) is 11.0. The smallest absolute Gasteiger partial charge is 0.229 e. The number of anilines is 1. The van der Waals surface area contributed by atoms with Crippen LogP contribution >= 0.6 is 0 Å². The summed E-state index contributed by atoms with van der Waals surface area (Å²) in [6.07, 6.45) is 3.07. The molecule has 1 aromatic heterocycles. The standard InChI is InChI=1S/C21H24N2O4S/c1-20(2)26-13-21(14-27-20,15-8-5-4-6-9-15)17-12-22-19-16(17)10-7-11-18(19)23-28(3,24)25/h4-12,22-23H,13-14H2,1-3H3. The lowest BCUT2D eigenvalue weighted by molar-refractivity contribution is -0.263. The molecule has 28 heavy (non-hydrogen) atoms. The number of ether oxygens (including phenoxy) is 2. The van der Waals surface area contributed by atoms with E-state index >= 15 is 0 Å². The summed E-state index contributed by atoms with van der Waals surface area (Å²) in [5.41, 5.74) is 2.86. The molecule has 148 valence electrons. The van der Waals surface area contributed by atoms with Gasteiger partial charge in [0.25, 0.3) is 0 Å². The second-order valence-corrected chi connectivity index (χ2v) is 9.48. The number of sulfonamides is 1. The predicted octanol–water partition coefficient (Wildman–Crippen LogP) is 3.61. The average molecular weight is 401 g/mol. The van der Waals surface area contributed by atoms with Gasteiger partial charge in [-0.05, 0) is 31.0 Å². The minimum absolute atomic E-state index is 0.459. The Kier molecular flexibility index (Phi) is 4.49. The van der Waals surface area contributed by atoms with Crippen LogP contribution in [0.5, 0.6) is 0 Å². The molecule has 0 unspecified atom stereocenters. The zero-order valence-electron chi connectivity index (χ0n) is 16.2. The van der Waals surface area contributed by atoms with Gasteiger partial charge in [-0.2, -0.15) is 0 Å². The van der Waals surface area contributed by atoms with E-state index in [9.17, 15) is 8.42 Å². The number of hydrogen-bond acceptors (Lipinski definition) is 4. The van der Waals surface area contributed by atoms with Crippen molar-refractivity contribution < 1.29 is 17.9 Å². The summed E-state index contributed by atoms with van der Waals surface area (Å²) in [6, 6.07) is 15.7. The van der Waals surface area contributed by atoms with Gasteiger partial charge < -0.3 is 14.5 Å².